The molecule has 2 heterocycles. The minimum Gasteiger partial charge on any atom is -0.353 e. The summed E-state index contributed by atoms with van der Waals surface area (Å²) in [6.45, 7) is 0. The fourth-order valence-corrected chi connectivity index (χ4v) is 7.10. The second-order valence-electron chi connectivity index (χ2n) is 8.58. The summed E-state index contributed by atoms with van der Waals surface area (Å²) >= 11 is 0. The molecule has 188 valence electrons. The smallest absolute Gasteiger partial charge is 0.353 e. The maximum absolute atomic E-state index is 14.3. The Morgan fingerprint density at radius 2 is 1.43 bits per heavy atom. The molecule has 0 aliphatic carbocycles. The Balaban J connectivity index is 1.91. The highest BCUT2D eigenvalue weighted by atomic mass is 31.2. The third kappa shape index (κ3) is 3.45. The van der Waals surface area contributed by atoms with E-state index >= 15 is 0 Å². The van der Waals surface area contributed by atoms with E-state index < -0.39 is 63.9 Å². The van der Waals surface area contributed by atoms with E-state index in [-0.39, 0.29) is 15.4 Å². The van der Waals surface area contributed by atoms with Crippen molar-refractivity contribution in [2.45, 2.75) is 35.4 Å². The molecule has 2 saturated heterocycles. The van der Waals surface area contributed by atoms with E-state index in [0.717, 1.165) is 33.9 Å². The Bertz CT molecular complexity index is 1230. The Morgan fingerprint density at radius 1 is 0.943 bits per heavy atom. The van der Waals surface area contributed by atoms with Crippen LogP contribution < -0.4 is 0 Å². The van der Waals surface area contributed by atoms with Crippen molar-refractivity contribution in [2.24, 2.45) is 0 Å². The largest absolute Gasteiger partial charge is 0.419 e. The van der Waals surface area contributed by atoms with Crippen LogP contribution in [0.25, 0.3) is 10.8 Å². The zero-order valence-electron chi connectivity index (χ0n) is 17.8. The number of hydrogen-bond donors (Lipinski definition) is 6. The zero-order valence-corrected chi connectivity index (χ0v) is 18.7. The average Bonchev–Trinajstić information content (AvgIpc) is 3.33. The van der Waals surface area contributed by atoms with Gasteiger partial charge in [-0.3, -0.25) is 19.2 Å². The van der Waals surface area contributed by atoms with Crippen molar-refractivity contribution in [3.63, 3.8) is 0 Å². The molecular weight excluding hydrogens is 504 g/mol. The van der Waals surface area contributed by atoms with E-state index in [1.54, 1.807) is 0 Å². The van der Waals surface area contributed by atoms with E-state index in [0.29, 0.717) is 6.07 Å². The summed E-state index contributed by atoms with van der Waals surface area (Å²) in [7, 11) is -3.73. The van der Waals surface area contributed by atoms with E-state index in [9.17, 15) is 58.5 Å². The third-order valence-corrected chi connectivity index (χ3v) is 8.88. The Morgan fingerprint density at radius 3 is 1.83 bits per heavy atom. The quantitative estimate of drug-likeness (QED) is 0.0609. The lowest BCUT2D eigenvalue weighted by Crippen LogP contribution is -2.30. The van der Waals surface area contributed by atoms with Crippen LogP contribution in [0.3, 0.4) is 0 Å². The summed E-state index contributed by atoms with van der Waals surface area (Å²) in [5.74, 6) is -10.7. The standard InChI is InChI=1S/C16H17B2F3N3O10P/c17-13(18)14(25,26)23(13)35(33,24-15(27,28)16(24,29)30)34-11(12(19,20)21)9-5-6-10(22(31)32)8-4-2-1-3-7(8)9/h1-6,11,25-30H,17-18H2/t11-,23?,35?/m1/s1. The van der Waals surface area contributed by atoms with Gasteiger partial charge in [0.1, 0.15) is 15.7 Å². The van der Waals surface area contributed by atoms with Gasteiger partial charge in [0, 0.05) is 11.4 Å². The third-order valence-electron chi connectivity index (χ3n) is 6.05. The van der Waals surface area contributed by atoms with Gasteiger partial charge >= 0.3 is 25.7 Å². The molecule has 19 heteroatoms. The van der Waals surface area contributed by atoms with Crippen LogP contribution in [0.5, 0.6) is 0 Å². The van der Waals surface area contributed by atoms with E-state index in [2.05, 4.69) is 0 Å². The second-order valence-corrected chi connectivity index (χ2v) is 10.6. The van der Waals surface area contributed by atoms with Crippen molar-refractivity contribution in [1.82, 2.24) is 9.34 Å². The molecule has 2 unspecified atom stereocenters. The van der Waals surface area contributed by atoms with Crippen molar-refractivity contribution in [3.05, 3.63) is 52.1 Å². The lowest BCUT2D eigenvalue weighted by Gasteiger charge is -2.30. The van der Waals surface area contributed by atoms with Gasteiger partial charge < -0.3 is 30.6 Å². The van der Waals surface area contributed by atoms with Gasteiger partial charge in [-0.25, -0.2) is 0 Å². The fourth-order valence-electron chi connectivity index (χ4n) is 3.98. The normalized spacial score (nSPS) is 26.6. The number of nitro groups is 1. The topological polar surface area (TPSA) is 197 Å². The lowest BCUT2D eigenvalue weighted by molar-refractivity contribution is -0.383. The summed E-state index contributed by atoms with van der Waals surface area (Å²) in [4.78, 5) is 10.5. The van der Waals surface area contributed by atoms with Gasteiger partial charge in [-0.05, 0) is 23.1 Å². The summed E-state index contributed by atoms with van der Waals surface area (Å²) in [5.41, 5.74) is -1.35. The molecule has 0 aromatic heterocycles. The maximum Gasteiger partial charge on any atom is 0.419 e. The maximum atomic E-state index is 14.3. The zero-order chi connectivity index (χ0) is 26.6. The Hall–Kier alpha value is -2.11. The molecule has 35 heavy (non-hydrogen) atoms. The monoisotopic (exact) mass is 521 g/mol. The molecule has 2 aromatic carbocycles. The Labute approximate surface area is 195 Å². The average molecular weight is 521 g/mol. The first-order chi connectivity index (χ1) is 15.7. The summed E-state index contributed by atoms with van der Waals surface area (Å²) in [6.07, 6.45) is -8.64. The minimum atomic E-state index is -5.74. The van der Waals surface area contributed by atoms with Crippen molar-refractivity contribution in [1.29, 1.82) is 0 Å². The summed E-state index contributed by atoms with van der Waals surface area (Å²) < 4.78 is 60.9. The molecule has 0 radical (unpaired) electrons. The van der Waals surface area contributed by atoms with Gasteiger partial charge in [0.2, 0.25) is 5.91 Å². The number of hydrogen-bond acceptors (Lipinski definition) is 10. The van der Waals surface area contributed by atoms with E-state index in [4.69, 9.17) is 4.52 Å². The van der Waals surface area contributed by atoms with Gasteiger partial charge in [-0.1, -0.05) is 22.9 Å². The second kappa shape index (κ2) is 7.23. The minimum absolute atomic E-state index is 0.0225. The van der Waals surface area contributed by atoms with Crippen LogP contribution in [-0.2, 0) is 9.09 Å². The molecule has 0 bridgehead atoms. The first-order valence-electron chi connectivity index (χ1n) is 9.71. The highest BCUT2D eigenvalue weighted by molar-refractivity contribution is 7.55. The SMILES string of the molecule is BC1(B)N(P(=O)(O[C@H](c2ccc([N+](=O)[O-])c3ccccc23)C(F)(F)F)N2C(O)(O)C2(O)O)C1(O)O. The van der Waals surface area contributed by atoms with E-state index in [1.807, 2.05) is 0 Å². The predicted molar refractivity (Wildman–Crippen MR) is 113 cm³/mol. The van der Waals surface area contributed by atoms with E-state index in [1.165, 1.54) is 12.1 Å². The van der Waals surface area contributed by atoms with Gasteiger partial charge in [0.25, 0.3) is 5.69 Å². The van der Waals surface area contributed by atoms with Gasteiger partial charge in [0.15, 0.2) is 6.10 Å². The summed E-state index contributed by atoms with van der Waals surface area (Å²) in [5, 5.41) is 68.3. The molecule has 4 rings (SSSR count). The van der Waals surface area contributed by atoms with Crippen LogP contribution in [0.2, 0.25) is 0 Å². The van der Waals surface area contributed by atoms with Crippen molar-refractivity contribution < 1.29 is 57.8 Å². The number of aliphatic hydroxyl groups is 6. The highest BCUT2D eigenvalue weighted by Crippen LogP contribution is 2.78. The predicted octanol–water partition coefficient (Wildman–Crippen LogP) is -2.06. The first kappa shape index (κ1) is 26.0. The van der Waals surface area contributed by atoms with Crippen molar-refractivity contribution in [3.8, 4) is 0 Å². The van der Waals surface area contributed by atoms with Crippen LogP contribution in [0, 0.1) is 10.1 Å². The number of nitro benzene ring substituents is 1. The molecule has 0 saturated carbocycles. The molecule has 6 N–H and O–H groups in total. The Kier molecular flexibility index (Phi) is 5.36. The fraction of sp³-hybridized carbons (Fsp3) is 0.375. The molecule has 13 nitrogen and oxygen atoms in total. The number of alkyl halides is 3. The number of benzene rings is 2. The number of rotatable bonds is 6. The van der Waals surface area contributed by atoms with Crippen molar-refractivity contribution >= 4 is 39.8 Å². The van der Waals surface area contributed by atoms with Gasteiger partial charge in [0.05, 0.1) is 10.3 Å². The van der Waals surface area contributed by atoms with Crippen molar-refractivity contribution in [2.75, 3.05) is 0 Å². The van der Waals surface area contributed by atoms with Gasteiger partial charge in [-0.2, -0.15) is 17.8 Å². The van der Waals surface area contributed by atoms with Gasteiger partial charge in [-0.15, -0.1) is 0 Å². The number of nitrogens with zero attached hydrogens (tertiary/aromatic N) is 3. The number of halogens is 3. The molecule has 0 amide bonds. The van der Waals surface area contributed by atoms with Crippen LogP contribution >= 0.6 is 7.67 Å². The number of fused-ring (bicyclic) bond motifs is 1. The molecule has 2 aromatic rings. The molecule has 2 aliphatic heterocycles. The van der Waals surface area contributed by atoms with Crippen LogP contribution in [0.1, 0.15) is 11.7 Å². The molecule has 3 atom stereocenters. The van der Waals surface area contributed by atoms with Crippen LogP contribution in [0.4, 0.5) is 18.9 Å². The molecule has 2 aliphatic rings. The number of non-ortho nitro benzene ring substituents is 1. The highest BCUT2D eigenvalue weighted by Gasteiger charge is 2.89. The van der Waals surface area contributed by atoms with Crippen LogP contribution in [0.15, 0.2) is 36.4 Å². The summed E-state index contributed by atoms with van der Waals surface area (Å²) in [6, 6.07) is 6.28. The molecule has 2 fully saturated rings. The first-order valence-corrected chi connectivity index (χ1v) is 11.2. The molecule has 0 spiro atoms. The lowest BCUT2D eigenvalue weighted by atomic mass is 9.68. The molecular formula is C16H17B2F3N3O10P. The van der Waals surface area contributed by atoms with Crippen LogP contribution in [-0.4, -0.2) is 89.8 Å².